The summed E-state index contributed by atoms with van der Waals surface area (Å²) < 4.78 is 19.4. The van der Waals surface area contributed by atoms with Gasteiger partial charge in [-0.2, -0.15) is 0 Å². The van der Waals surface area contributed by atoms with Crippen LogP contribution >= 0.6 is 27.5 Å². The number of anilines is 1. The minimum atomic E-state index is -0.358. The molecule has 20 heavy (non-hydrogen) atoms. The molecule has 0 atom stereocenters. The lowest BCUT2D eigenvalue weighted by molar-refractivity contribution is 0.298. The van der Waals surface area contributed by atoms with Crippen LogP contribution in [0.1, 0.15) is 12.6 Å². The first-order chi connectivity index (χ1) is 9.60. The third kappa shape index (κ3) is 3.84. The quantitative estimate of drug-likeness (QED) is 0.844. The van der Waals surface area contributed by atoms with Crippen molar-refractivity contribution in [2.45, 2.75) is 13.5 Å². The van der Waals surface area contributed by atoms with E-state index in [1.165, 1.54) is 12.1 Å². The molecule has 1 aromatic carbocycles. The summed E-state index contributed by atoms with van der Waals surface area (Å²) in [7, 11) is 0. The molecule has 1 aromatic heterocycles. The van der Waals surface area contributed by atoms with Crippen LogP contribution in [0.25, 0.3) is 0 Å². The number of ether oxygens (including phenoxy) is 1. The van der Waals surface area contributed by atoms with Crippen molar-refractivity contribution in [3.63, 3.8) is 0 Å². The van der Waals surface area contributed by atoms with Crippen molar-refractivity contribution in [3.8, 4) is 5.75 Å². The molecule has 0 spiro atoms. The minimum absolute atomic E-state index is 0.167. The Morgan fingerprint density at radius 1 is 1.35 bits per heavy atom. The van der Waals surface area contributed by atoms with Crippen LogP contribution in [0.15, 0.2) is 34.8 Å². The van der Waals surface area contributed by atoms with Gasteiger partial charge >= 0.3 is 0 Å². The largest absolute Gasteiger partial charge is 0.486 e. The number of halogens is 3. The fourth-order valence-electron chi connectivity index (χ4n) is 1.60. The summed E-state index contributed by atoms with van der Waals surface area (Å²) in [6.07, 6.45) is 0. The van der Waals surface area contributed by atoms with Crippen LogP contribution < -0.4 is 10.1 Å². The fourth-order valence-corrected chi connectivity index (χ4v) is 2.12. The second kappa shape index (κ2) is 6.90. The van der Waals surface area contributed by atoms with Gasteiger partial charge in [0.25, 0.3) is 0 Å². The molecule has 0 aliphatic heterocycles. The second-order valence-electron chi connectivity index (χ2n) is 4.02. The topological polar surface area (TPSA) is 34.1 Å². The summed E-state index contributed by atoms with van der Waals surface area (Å²) in [5, 5.41) is 3.61. The monoisotopic (exact) mass is 358 g/mol. The average Bonchev–Trinajstić information content (AvgIpc) is 2.43. The first kappa shape index (κ1) is 15.1. The van der Waals surface area contributed by atoms with Crippen LogP contribution in [0, 0.1) is 5.82 Å². The molecular weight excluding hydrogens is 347 g/mol. The van der Waals surface area contributed by atoms with E-state index < -0.39 is 0 Å². The average molecular weight is 360 g/mol. The predicted octanol–water partition coefficient (Wildman–Crippen LogP) is 4.65. The van der Waals surface area contributed by atoms with Gasteiger partial charge in [0.05, 0.1) is 15.2 Å². The van der Waals surface area contributed by atoms with Gasteiger partial charge in [0.1, 0.15) is 24.0 Å². The minimum Gasteiger partial charge on any atom is -0.486 e. The van der Waals surface area contributed by atoms with E-state index in [4.69, 9.17) is 16.3 Å². The molecule has 0 aliphatic rings. The molecule has 2 aromatic rings. The lowest BCUT2D eigenvalue weighted by Crippen LogP contribution is -2.04. The first-order valence-corrected chi connectivity index (χ1v) is 7.24. The van der Waals surface area contributed by atoms with Crippen LogP contribution in [0.3, 0.4) is 0 Å². The van der Waals surface area contributed by atoms with Gasteiger partial charge in [-0.15, -0.1) is 0 Å². The fraction of sp³-hybridized carbons (Fsp3) is 0.214. The molecule has 1 heterocycles. The smallest absolute Gasteiger partial charge is 0.136 e. The Kier molecular flexibility index (Phi) is 5.20. The zero-order valence-corrected chi connectivity index (χ0v) is 13.1. The maximum absolute atomic E-state index is 13.2. The SMILES string of the molecule is CCNc1ccc(Cl)c(COc2cc(F)ccc2Br)n1. The van der Waals surface area contributed by atoms with Gasteiger partial charge < -0.3 is 10.1 Å². The lowest BCUT2D eigenvalue weighted by atomic mass is 10.3. The standard InChI is InChI=1S/C14H13BrClFN2O/c1-2-18-14-6-5-11(16)12(19-14)8-20-13-7-9(17)3-4-10(13)15/h3-7H,2,8H2,1H3,(H,18,19). The third-order valence-corrected chi connectivity index (χ3v) is 3.53. The van der Waals surface area contributed by atoms with Crippen LogP contribution in [-0.4, -0.2) is 11.5 Å². The zero-order chi connectivity index (χ0) is 14.5. The molecule has 2 rings (SSSR count). The summed E-state index contributed by atoms with van der Waals surface area (Å²) in [5.41, 5.74) is 0.598. The van der Waals surface area contributed by atoms with Crippen molar-refractivity contribution < 1.29 is 9.13 Å². The molecule has 0 saturated carbocycles. The molecule has 0 aliphatic carbocycles. The molecule has 106 valence electrons. The maximum atomic E-state index is 13.2. The summed E-state index contributed by atoms with van der Waals surface area (Å²) in [5.74, 6) is 0.786. The molecule has 0 amide bonds. The van der Waals surface area contributed by atoms with E-state index in [0.29, 0.717) is 20.9 Å². The van der Waals surface area contributed by atoms with Crippen LogP contribution in [0.4, 0.5) is 10.2 Å². The third-order valence-electron chi connectivity index (χ3n) is 2.53. The Bertz CT molecular complexity index is 610. The van der Waals surface area contributed by atoms with Crippen molar-refractivity contribution in [2.24, 2.45) is 0 Å². The van der Waals surface area contributed by atoms with E-state index in [1.807, 2.05) is 6.92 Å². The van der Waals surface area contributed by atoms with E-state index in [9.17, 15) is 4.39 Å². The van der Waals surface area contributed by atoms with Crippen molar-refractivity contribution in [3.05, 3.63) is 51.3 Å². The highest BCUT2D eigenvalue weighted by Crippen LogP contribution is 2.27. The van der Waals surface area contributed by atoms with E-state index in [2.05, 4.69) is 26.2 Å². The molecular formula is C14H13BrClFN2O. The van der Waals surface area contributed by atoms with Crippen molar-refractivity contribution in [1.82, 2.24) is 4.98 Å². The van der Waals surface area contributed by atoms with Crippen LogP contribution in [0.2, 0.25) is 5.02 Å². The van der Waals surface area contributed by atoms with Gasteiger partial charge in [-0.25, -0.2) is 9.37 Å². The van der Waals surface area contributed by atoms with Crippen LogP contribution in [-0.2, 0) is 6.61 Å². The summed E-state index contributed by atoms with van der Waals surface area (Å²) in [6.45, 7) is 2.92. The molecule has 6 heteroatoms. The van der Waals surface area contributed by atoms with E-state index in [0.717, 1.165) is 12.4 Å². The van der Waals surface area contributed by atoms with Gasteiger partial charge in [0.2, 0.25) is 0 Å². The van der Waals surface area contributed by atoms with E-state index in [1.54, 1.807) is 18.2 Å². The number of pyridine rings is 1. The van der Waals surface area contributed by atoms with Crippen molar-refractivity contribution in [1.29, 1.82) is 0 Å². The highest BCUT2D eigenvalue weighted by Gasteiger charge is 2.08. The molecule has 0 bridgehead atoms. The number of aromatic nitrogens is 1. The molecule has 0 saturated heterocycles. The highest BCUT2D eigenvalue weighted by molar-refractivity contribution is 9.10. The van der Waals surface area contributed by atoms with Crippen LogP contribution in [0.5, 0.6) is 5.75 Å². The van der Waals surface area contributed by atoms with E-state index >= 15 is 0 Å². The number of nitrogens with zero attached hydrogens (tertiary/aromatic N) is 1. The zero-order valence-electron chi connectivity index (χ0n) is 10.8. The Balaban J connectivity index is 2.13. The lowest BCUT2D eigenvalue weighted by Gasteiger charge is -2.10. The normalized spacial score (nSPS) is 10.4. The predicted molar refractivity (Wildman–Crippen MR) is 81.8 cm³/mol. The number of benzene rings is 1. The van der Waals surface area contributed by atoms with Gasteiger partial charge in [-0.1, -0.05) is 11.6 Å². The molecule has 0 unspecified atom stereocenters. The van der Waals surface area contributed by atoms with E-state index in [-0.39, 0.29) is 12.4 Å². The number of rotatable bonds is 5. The molecule has 0 radical (unpaired) electrons. The molecule has 1 N–H and O–H groups in total. The maximum Gasteiger partial charge on any atom is 0.136 e. The summed E-state index contributed by atoms with van der Waals surface area (Å²) in [4.78, 5) is 4.35. The van der Waals surface area contributed by atoms with Gasteiger partial charge in [-0.05, 0) is 47.1 Å². The Hall–Kier alpha value is -1.33. The first-order valence-electron chi connectivity index (χ1n) is 6.07. The van der Waals surface area contributed by atoms with Crippen molar-refractivity contribution >= 4 is 33.3 Å². The molecule has 3 nitrogen and oxygen atoms in total. The Labute approximate surface area is 130 Å². The van der Waals surface area contributed by atoms with Gasteiger partial charge in [0, 0.05) is 12.6 Å². The Morgan fingerprint density at radius 2 is 2.15 bits per heavy atom. The number of hydrogen-bond donors (Lipinski definition) is 1. The number of nitrogens with one attached hydrogen (secondary N) is 1. The summed E-state index contributed by atoms with van der Waals surface area (Å²) in [6, 6.07) is 7.81. The van der Waals surface area contributed by atoms with Gasteiger partial charge in [0.15, 0.2) is 0 Å². The Morgan fingerprint density at radius 3 is 2.90 bits per heavy atom. The summed E-state index contributed by atoms with van der Waals surface area (Å²) >= 11 is 9.38. The van der Waals surface area contributed by atoms with Crippen molar-refractivity contribution in [2.75, 3.05) is 11.9 Å². The molecule has 0 fully saturated rings. The second-order valence-corrected chi connectivity index (χ2v) is 5.28. The number of hydrogen-bond acceptors (Lipinski definition) is 3. The van der Waals surface area contributed by atoms with Gasteiger partial charge in [-0.3, -0.25) is 0 Å². The highest BCUT2D eigenvalue weighted by atomic mass is 79.9.